The van der Waals surface area contributed by atoms with Gasteiger partial charge in [-0.3, -0.25) is 4.79 Å². The normalized spacial score (nSPS) is 22.7. The zero-order chi connectivity index (χ0) is 23.7. The number of ether oxygens (including phenoxy) is 2. The number of carbonyl (C=O) groups excluding carboxylic acids is 2. The molecule has 2 saturated heterocycles. The average molecular weight is 467 g/mol. The molecule has 1 aromatic heterocycles. The maximum atomic E-state index is 13.7. The van der Waals surface area contributed by atoms with E-state index in [1.807, 2.05) is 43.0 Å². The first-order valence-electron chi connectivity index (χ1n) is 11.8. The summed E-state index contributed by atoms with van der Waals surface area (Å²) < 4.78 is 11.3. The Kier molecular flexibility index (Phi) is 6.09. The Hall–Kier alpha value is -3.24. The molecule has 2 aromatic rings. The molecule has 10 nitrogen and oxygen atoms in total. The fourth-order valence-electron chi connectivity index (χ4n) is 4.86. The molecular weight excluding hydrogens is 436 g/mol. The van der Waals surface area contributed by atoms with Gasteiger partial charge in [-0.2, -0.15) is 0 Å². The van der Waals surface area contributed by atoms with Gasteiger partial charge in [0.25, 0.3) is 5.91 Å². The van der Waals surface area contributed by atoms with E-state index in [1.54, 1.807) is 6.20 Å². The first kappa shape index (κ1) is 22.5. The molecule has 3 aliphatic heterocycles. The van der Waals surface area contributed by atoms with Crippen LogP contribution in [0.3, 0.4) is 0 Å². The van der Waals surface area contributed by atoms with Crippen LogP contribution in [0.2, 0.25) is 0 Å². The fraction of sp³-hybridized carbons (Fsp3) is 0.500. The lowest BCUT2D eigenvalue weighted by atomic mass is 9.91. The molecule has 34 heavy (non-hydrogen) atoms. The molecule has 0 bridgehead atoms. The minimum atomic E-state index is -0.810. The van der Waals surface area contributed by atoms with Crippen LogP contribution in [-0.4, -0.2) is 73.0 Å². The van der Waals surface area contributed by atoms with E-state index in [4.69, 9.17) is 14.5 Å². The molecule has 1 atom stereocenters. The van der Waals surface area contributed by atoms with E-state index in [-0.39, 0.29) is 18.0 Å². The van der Waals surface area contributed by atoms with Gasteiger partial charge < -0.3 is 29.9 Å². The number of amides is 3. The zero-order valence-corrected chi connectivity index (χ0v) is 19.5. The molecule has 4 heterocycles. The van der Waals surface area contributed by atoms with Crippen LogP contribution in [0.25, 0.3) is 11.4 Å². The number of hydrogen-bond acceptors (Lipinski definition) is 7. The van der Waals surface area contributed by atoms with Crippen LogP contribution in [0.1, 0.15) is 26.7 Å². The highest BCUT2D eigenvalue weighted by atomic mass is 16.5. The van der Waals surface area contributed by atoms with Crippen LogP contribution >= 0.6 is 0 Å². The summed E-state index contributed by atoms with van der Waals surface area (Å²) in [5.41, 5.74) is 1.45. The highest BCUT2D eigenvalue weighted by Crippen LogP contribution is 2.43. The number of nitrogens with one attached hydrogen (secondary N) is 2. The van der Waals surface area contributed by atoms with Gasteiger partial charge in [0.05, 0.1) is 19.4 Å². The van der Waals surface area contributed by atoms with Gasteiger partial charge in [-0.25, -0.2) is 14.8 Å². The number of nitrogens with zero attached hydrogens (tertiary/aromatic N) is 4. The van der Waals surface area contributed by atoms with Crippen molar-refractivity contribution in [1.82, 2.24) is 15.3 Å². The number of rotatable bonds is 4. The summed E-state index contributed by atoms with van der Waals surface area (Å²) in [6.45, 7) is 7.08. The molecule has 2 fully saturated rings. The summed E-state index contributed by atoms with van der Waals surface area (Å²) in [5.74, 6) is 1.36. The third-order valence-corrected chi connectivity index (χ3v) is 6.68. The molecule has 0 saturated carbocycles. The third kappa shape index (κ3) is 3.97. The summed E-state index contributed by atoms with van der Waals surface area (Å²) in [6, 6.07) is 7.21. The molecule has 0 aliphatic carbocycles. The molecule has 10 heteroatoms. The number of morpholine rings is 1. The van der Waals surface area contributed by atoms with Crippen LogP contribution in [0, 0.1) is 0 Å². The number of aromatic nitrogens is 2. The van der Waals surface area contributed by atoms with Gasteiger partial charge in [-0.15, -0.1) is 0 Å². The molecule has 3 amide bonds. The number of carbonyl (C=O) groups is 2. The number of urea groups is 1. The van der Waals surface area contributed by atoms with Crippen molar-refractivity contribution in [3.63, 3.8) is 0 Å². The summed E-state index contributed by atoms with van der Waals surface area (Å²) in [5, 5.41) is 5.50. The Bertz CT molecular complexity index is 1070. The van der Waals surface area contributed by atoms with E-state index in [2.05, 4.69) is 20.5 Å². The van der Waals surface area contributed by atoms with Crippen molar-refractivity contribution >= 4 is 29.1 Å². The summed E-state index contributed by atoms with van der Waals surface area (Å²) in [4.78, 5) is 39.0. The van der Waals surface area contributed by atoms with Gasteiger partial charge in [-0.1, -0.05) is 0 Å². The average Bonchev–Trinajstić information content (AvgIpc) is 2.85. The Morgan fingerprint density at radius 2 is 1.94 bits per heavy atom. The van der Waals surface area contributed by atoms with Gasteiger partial charge >= 0.3 is 6.03 Å². The molecule has 180 valence electrons. The lowest BCUT2D eigenvalue weighted by Crippen LogP contribution is -2.69. The van der Waals surface area contributed by atoms with Crippen molar-refractivity contribution in [3.8, 4) is 11.4 Å². The molecule has 2 N–H and O–H groups in total. The van der Waals surface area contributed by atoms with Crippen molar-refractivity contribution < 1.29 is 19.1 Å². The van der Waals surface area contributed by atoms with Gasteiger partial charge in [0.1, 0.15) is 11.2 Å². The van der Waals surface area contributed by atoms with Gasteiger partial charge in [0.2, 0.25) is 0 Å². The standard InChI is InChI=1S/C24H30N6O4/c1-3-25-23(32)27-17-6-4-16(5-7-17)20-26-14-19-21(28-20)29-10-13-34-15-24(29,2)22(31)30(19)18-8-11-33-12-9-18/h4-7,14,18H,3,8-13,15H2,1-2H3,(H2,25,27,32). The van der Waals surface area contributed by atoms with Crippen molar-refractivity contribution in [2.45, 2.75) is 38.3 Å². The van der Waals surface area contributed by atoms with Crippen LogP contribution in [0.5, 0.6) is 0 Å². The third-order valence-electron chi connectivity index (χ3n) is 6.68. The minimum absolute atomic E-state index is 0.0312. The molecule has 1 aromatic carbocycles. The first-order chi connectivity index (χ1) is 16.5. The number of fused-ring (bicyclic) bond motifs is 3. The lowest BCUT2D eigenvalue weighted by Gasteiger charge is -2.52. The maximum absolute atomic E-state index is 13.7. The van der Waals surface area contributed by atoms with E-state index >= 15 is 0 Å². The second-order valence-electron chi connectivity index (χ2n) is 8.96. The number of anilines is 3. The second-order valence-corrected chi connectivity index (χ2v) is 8.96. The largest absolute Gasteiger partial charge is 0.381 e. The quantitative estimate of drug-likeness (QED) is 0.712. The Balaban J connectivity index is 1.50. The van der Waals surface area contributed by atoms with E-state index in [0.717, 1.165) is 29.9 Å². The second kappa shape index (κ2) is 9.19. The van der Waals surface area contributed by atoms with Gasteiger partial charge in [0.15, 0.2) is 11.6 Å². The minimum Gasteiger partial charge on any atom is -0.381 e. The predicted octanol–water partition coefficient (Wildman–Crippen LogP) is 2.41. The van der Waals surface area contributed by atoms with E-state index in [1.165, 1.54) is 0 Å². The van der Waals surface area contributed by atoms with E-state index in [0.29, 0.717) is 51.0 Å². The van der Waals surface area contributed by atoms with Crippen molar-refractivity contribution in [2.75, 3.05) is 54.6 Å². The summed E-state index contributed by atoms with van der Waals surface area (Å²) >= 11 is 0. The Morgan fingerprint density at radius 1 is 1.18 bits per heavy atom. The summed E-state index contributed by atoms with van der Waals surface area (Å²) in [7, 11) is 0. The first-order valence-corrected chi connectivity index (χ1v) is 11.8. The van der Waals surface area contributed by atoms with Crippen LogP contribution in [-0.2, 0) is 14.3 Å². The molecule has 5 rings (SSSR count). The van der Waals surface area contributed by atoms with Gasteiger partial charge in [0, 0.05) is 43.6 Å². The number of benzene rings is 1. The lowest BCUT2D eigenvalue weighted by molar-refractivity contribution is -0.128. The van der Waals surface area contributed by atoms with Crippen LogP contribution in [0.4, 0.5) is 22.0 Å². The Labute approximate surface area is 198 Å². The van der Waals surface area contributed by atoms with Crippen LogP contribution in [0.15, 0.2) is 30.5 Å². The number of hydrogen-bond donors (Lipinski definition) is 2. The molecule has 1 unspecified atom stereocenters. The van der Waals surface area contributed by atoms with E-state index < -0.39 is 5.54 Å². The SMILES string of the molecule is CCNC(=O)Nc1ccc(-c2ncc3c(n2)N2CCOCC2(C)C(=O)N3C2CCOCC2)cc1. The molecule has 0 radical (unpaired) electrons. The smallest absolute Gasteiger partial charge is 0.319 e. The van der Waals surface area contributed by atoms with Crippen LogP contribution < -0.4 is 20.4 Å². The van der Waals surface area contributed by atoms with Crippen molar-refractivity contribution in [3.05, 3.63) is 30.5 Å². The monoisotopic (exact) mass is 466 g/mol. The zero-order valence-electron chi connectivity index (χ0n) is 19.5. The molecule has 3 aliphatic rings. The molecular formula is C24H30N6O4. The Morgan fingerprint density at radius 3 is 2.68 bits per heavy atom. The van der Waals surface area contributed by atoms with Crippen molar-refractivity contribution in [2.24, 2.45) is 0 Å². The van der Waals surface area contributed by atoms with E-state index in [9.17, 15) is 9.59 Å². The summed E-state index contributed by atoms with van der Waals surface area (Å²) in [6.07, 6.45) is 3.33. The maximum Gasteiger partial charge on any atom is 0.319 e. The fourth-order valence-corrected chi connectivity index (χ4v) is 4.86. The molecule has 0 spiro atoms. The topological polar surface area (TPSA) is 109 Å². The van der Waals surface area contributed by atoms with Gasteiger partial charge in [-0.05, 0) is 51.0 Å². The predicted molar refractivity (Wildman–Crippen MR) is 128 cm³/mol. The highest BCUT2D eigenvalue weighted by molar-refractivity contribution is 6.08. The van der Waals surface area contributed by atoms with Crippen molar-refractivity contribution in [1.29, 1.82) is 0 Å². The highest BCUT2D eigenvalue weighted by Gasteiger charge is 2.52.